The summed E-state index contributed by atoms with van der Waals surface area (Å²) in [6, 6.07) is 2.08. The van der Waals surface area contributed by atoms with Gasteiger partial charge in [-0.25, -0.2) is 0 Å². The van der Waals surface area contributed by atoms with Crippen molar-refractivity contribution in [3.63, 3.8) is 0 Å². The third kappa shape index (κ3) is 2.91. The number of methoxy groups -OCH3 is 2. The Labute approximate surface area is 90.6 Å². The minimum atomic E-state index is 0.0870. The van der Waals surface area contributed by atoms with Gasteiger partial charge in [0.05, 0.1) is 25.5 Å². The van der Waals surface area contributed by atoms with Gasteiger partial charge in [0, 0.05) is 13.3 Å². The Morgan fingerprint density at radius 1 is 1.33 bits per heavy atom. The molecule has 0 spiro atoms. The minimum Gasteiger partial charge on any atom is -0.495 e. The minimum absolute atomic E-state index is 0.0870. The topological polar surface area (TPSA) is 43.4 Å². The van der Waals surface area contributed by atoms with Gasteiger partial charge in [-0.15, -0.1) is 0 Å². The van der Waals surface area contributed by atoms with Crippen LogP contribution in [-0.2, 0) is 4.74 Å². The number of hydrogen-bond donors (Lipinski definition) is 1. The molecule has 4 heteroatoms. The van der Waals surface area contributed by atoms with E-state index in [2.05, 4.69) is 10.3 Å². The molecule has 0 aliphatic heterocycles. The number of pyridine rings is 1. The molecule has 84 valence electrons. The third-order valence-corrected chi connectivity index (χ3v) is 2.48. The van der Waals surface area contributed by atoms with Crippen molar-refractivity contribution in [1.82, 2.24) is 10.3 Å². The molecule has 2 unspecified atom stereocenters. The number of hydrogen-bond acceptors (Lipinski definition) is 4. The van der Waals surface area contributed by atoms with Crippen LogP contribution in [0.4, 0.5) is 0 Å². The number of nitrogens with zero attached hydrogens (tertiary/aromatic N) is 1. The molecule has 1 aromatic heterocycles. The molecule has 1 aromatic rings. The van der Waals surface area contributed by atoms with Gasteiger partial charge in [0.2, 0.25) is 0 Å². The van der Waals surface area contributed by atoms with Crippen molar-refractivity contribution < 1.29 is 9.47 Å². The predicted molar refractivity (Wildman–Crippen MR) is 59.1 cm³/mol. The summed E-state index contributed by atoms with van der Waals surface area (Å²) >= 11 is 0. The molecule has 0 fully saturated rings. The highest BCUT2D eigenvalue weighted by atomic mass is 16.5. The van der Waals surface area contributed by atoms with Crippen molar-refractivity contribution in [2.45, 2.75) is 19.1 Å². The fourth-order valence-electron chi connectivity index (χ4n) is 1.53. The van der Waals surface area contributed by atoms with Crippen LogP contribution in [0.1, 0.15) is 18.5 Å². The van der Waals surface area contributed by atoms with Gasteiger partial charge in [-0.3, -0.25) is 4.98 Å². The van der Waals surface area contributed by atoms with Gasteiger partial charge >= 0.3 is 0 Å². The first-order valence-corrected chi connectivity index (χ1v) is 4.92. The maximum atomic E-state index is 5.30. The maximum absolute atomic E-state index is 5.30. The van der Waals surface area contributed by atoms with Crippen LogP contribution >= 0.6 is 0 Å². The second kappa shape index (κ2) is 5.68. The van der Waals surface area contributed by atoms with Gasteiger partial charge in [-0.2, -0.15) is 0 Å². The molecule has 1 heterocycles. The second-order valence-electron chi connectivity index (χ2n) is 3.37. The van der Waals surface area contributed by atoms with Crippen molar-refractivity contribution in [2.24, 2.45) is 0 Å². The van der Waals surface area contributed by atoms with Gasteiger partial charge in [0.25, 0.3) is 0 Å². The molecule has 0 saturated carbocycles. The van der Waals surface area contributed by atoms with Gasteiger partial charge in [0.15, 0.2) is 0 Å². The molecule has 4 nitrogen and oxygen atoms in total. The highest BCUT2D eigenvalue weighted by Crippen LogP contribution is 2.21. The van der Waals surface area contributed by atoms with E-state index in [0.29, 0.717) is 0 Å². The van der Waals surface area contributed by atoms with E-state index >= 15 is 0 Å². The molecule has 0 saturated heterocycles. The summed E-state index contributed by atoms with van der Waals surface area (Å²) in [5.74, 6) is 0.760. The van der Waals surface area contributed by atoms with Gasteiger partial charge in [-0.05, 0) is 25.6 Å². The summed E-state index contributed by atoms with van der Waals surface area (Å²) in [5, 5.41) is 3.20. The number of likely N-dealkylation sites (N-methyl/N-ethyl adjacent to an activating group) is 1. The molecular weight excluding hydrogens is 192 g/mol. The van der Waals surface area contributed by atoms with E-state index < -0.39 is 0 Å². The zero-order valence-electron chi connectivity index (χ0n) is 9.65. The van der Waals surface area contributed by atoms with Crippen molar-refractivity contribution in [3.05, 3.63) is 24.0 Å². The van der Waals surface area contributed by atoms with Crippen LogP contribution in [0.3, 0.4) is 0 Å². The van der Waals surface area contributed by atoms with Crippen molar-refractivity contribution in [1.29, 1.82) is 0 Å². The number of nitrogens with one attached hydrogen (secondary N) is 1. The summed E-state index contributed by atoms with van der Waals surface area (Å²) in [4.78, 5) is 4.12. The highest BCUT2D eigenvalue weighted by Gasteiger charge is 2.17. The van der Waals surface area contributed by atoms with Crippen LogP contribution in [0.5, 0.6) is 5.75 Å². The van der Waals surface area contributed by atoms with E-state index in [1.54, 1.807) is 20.4 Å². The first-order chi connectivity index (χ1) is 7.22. The van der Waals surface area contributed by atoms with Crippen molar-refractivity contribution in [2.75, 3.05) is 21.3 Å². The molecule has 15 heavy (non-hydrogen) atoms. The molecule has 1 N–H and O–H groups in total. The van der Waals surface area contributed by atoms with E-state index in [1.165, 1.54) is 0 Å². The average Bonchev–Trinajstić information content (AvgIpc) is 2.30. The zero-order valence-corrected chi connectivity index (χ0v) is 9.65. The van der Waals surface area contributed by atoms with E-state index in [1.807, 2.05) is 26.2 Å². The van der Waals surface area contributed by atoms with Crippen LogP contribution in [0.15, 0.2) is 18.5 Å². The van der Waals surface area contributed by atoms with Gasteiger partial charge < -0.3 is 14.8 Å². The molecule has 1 rings (SSSR count). The Bertz CT molecular complexity index is 304. The lowest BCUT2D eigenvalue weighted by atomic mass is 10.0. The Balaban J connectivity index is 2.91. The Kier molecular flexibility index (Phi) is 4.52. The summed E-state index contributed by atoms with van der Waals surface area (Å²) in [5.41, 5.74) is 1.06. The Hall–Kier alpha value is -1.13. The predicted octanol–water partition coefficient (Wildman–Crippen LogP) is 1.39. The van der Waals surface area contributed by atoms with Crippen LogP contribution in [0.25, 0.3) is 0 Å². The molecule has 0 bridgehead atoms. The first kappa shape index (κ1) is 11.9. The molecule has 2 atom stereocenters. The smallest absolute Gasteiger partial charge is 0.137 e. The monoisotopic (exact) mass is 210 g/mol. The largest absolute Gasteiger partial charge is 0.495 e. The molecule has 0 radical (unpaired) electrons. The molecule has 0 aliphatic carbocycles. The lowest BCUT2D eigenvalue weighted by Gasteiger charge is -2.22. The van der Waals surface area contributed by atoms with E-state index in [9.17, 15) is 0 Å². The number of ether oxygens (including phenoxy) is 2. The quantitative estimate of drug-likeness (QED) is 0.797. The standard InChI is InChI=1S/C11H18N2O2/c1-8(14-3)11(12-2)9-5-10(15-4)7-13-6-9/h5-8,11-12H,1-4H3. The van der Waals surface area contributed by atoms with Crippen LogP contribution in [0, 0.1) is 0 Å². The third-order valence-electron chi connectivity index (χ3n) is 2.48. The molecule has 0 aromatic carbocycles. The Morgan fingerprint density at radius 2 is 2.07 bits per heavy atom. The molecule has 0 aliphatic rings. The SMILES string of the molecule is CNC(c1cncc(OC)c1)C(C)OC. The zero-order chi connectivity index (χ0) is 11.3. The number of aromatic nitrogens is 1. The summed E-state index contributed by atoms with van der Waals surface area (Å²) in [6.45, 7) is 2.01. The number of rotatable bonds is 5. The normalized spacial score (nSPS) is 14.7. The lowest BCUT2D eigenvalue weighted by Crippen LogP contribution is -2.28. The van der Waals surface area contributed by atoms with Crippen molar-refractivity contribution in [3.8, 4) is 5.75 Å². The maximum Gasteiger partial charge on any atom is 0.137 e. The lowest BCUT2D eigenvalue weighted by molar-refractivity contribution is 0.0855. The van der Waals surface area contributed by atoms with Gasteiger partial charge in [-0.1, -0.05) is 0 Å². The summed E-state index contributed by atoms with van der Waals surface area (Å²) in [6.07, 6.45) is 3.59. The first-order valence-electron chi connectivity index (χ1n) is 4.92. The van der Waals surface area contributed by atoms with Crippen molar-refractivity contribution >= 4 is 0 Å². The van der Waals surface area contributed by atoms with Gasteiger partial charge in [0.1, 0.15) is 5.75 Å². The van der Waals surface area contributed by atoms with Crippen LogP contribution in [-0.4, -0.2) is 32.4 Å². The summed E-state index contributed by atoms with van der Waals surface area (Å²) in [7, 11) is 5.23. The van der Waals surface area contributed by atoms with E-state index in [0.717, 1.165) is 11.3 Å². The fraction of sp³-hybridized carbons (Fsp3) is 0.545. The van der Waals surface area contributed by atoms with E-state index in [-0.39, 0.29) is 12.1 Å². The highest BCUT2D eigenvalue weighted by molar-refractivity contribution is 5.26. The average molecular weight is 210 g/mol. The molecular formula is C11H18N2O2. The Morgan fingerprint density at radius 3 is 2.60 bits per heavy atom. The molecule has 0 amide bonds. The summed E-state index contributed by atoms with van der Waals surface area (Å²) < 4.78 is 10.4. The van der Waals surface area contributed by atoms with Crippen LogP contribution < -0.4 is 10.1 Å². The van der Waals surface area contributed by atoms with E-state index in [4.69, 9.17) is 9.47 Å². The van der Waals surface area contributed by atoms with Crippen LogP contribution in [0.2, 0.25) is 0 Å². The second-order valence-corrected chi connectivity index (χ2v) is 3.37. The fourth-order valence-corrected chi connectivity index (χ4v) is 1.53.